The molecule has 5 heteroatoms. The lowest BCUT2D eigenvalue weighted by Gasteiger charge is -2.26. The fourth-order valence-electron chi connectivity index (χ4n) is 3.33. The molecule has 5 nitrogen and oxygen atoms in total. The summed E-state index contributed by atoms with van der Waals surface area (Å²) >= 11 is 0. The number of nitrogens with two attached hydrogens (primary N) is 1. The van der Waals surface area contributed by atoms with Gasteiger partial charge in [0.1, 0.15) is 23.2 Å². The summed E-state index contributed by atoms with van der Waals surface area (Å²) in [5, 5.41) is 11.6. The number of nitrogens with zero attached hydrogens (tertiary/aromatic N) is 1. The van der Waals surface area contributed by atoms with Gasteiger partial charge in [-0.1, -0.05) is 42.5 Å². The summed E-state index contributed by atoms with van der Waals surface area (Å²) in [5.41, 5.74) is 6.78. The second-order valence-electron chi connectivity index (χ2n) is 5.92. The first kappa shape index (κ1) is 15.0. The molecule has 1 aliphatic rings. The fourth-order valence-corrected chi connectivity index (χ4v) is 3.33. The van der Waals surface area contributed by atoms with Gasteiger partial charge in [-0.25, -0.2) is 4.79 Å². The van der Waals surface area contributed by atoms with E-state index >= 15 is 0 Å². The van der Waals surface area contributed by atoms with E-state index < -0.39 is 11.5 Å². The molecule has 4 rings (SSSR count). The van der Waals surface area contributed by atoms with E-state index in [4.69, 9.17) is 14.9 Å². The SMILES string of the molecule is Cc1cc2c(c(=O)o1)C(c1cccc3ccccc13)C(C#N)=C(N)O2. The summed E-state index contributed by atoms with van der Waals surface area (Å²) in [7, 11) is 0. The Hall–Kier alpha value is -3.52. The first-order chi connectivity index (χ1) is 12.1. The molecule has 2 aromatic carbocycles. The first-order valence-electron chi connectivity index (χ1n) is 7.80. The molecule has 1 atom stereocenters. The monoisotopic (exact) mass is 330 g/mol. The van der Waals surface area contributed by atoms with Gasteiger partial charge in [-0.05, 0) is 23.3 Å². The highest BCUT2D eigenvalue weighted by Crippen LogP contribution is 2.42. The van der Waals surface area contributed by atoms with Crippen molar-refractivity contribution in [2.75, 3.05) is 0 Å². The Kier molecular flexibility index (Phi) is 3.33. The smallest absolute Gasteiger partial charge is 0.343 e. The van der Waals surface area contributed by atoms with Crippen molar-refractivity contribution in [1.29, 1.82) is 5.26 Å². The molecule has 0 aliphatic carbocycles. The standard InChI is InChI=1S/C20H14N2O3/c1-11-9-16-18(20(23)24-11)17(15(10-21)19(22)25-16)14-8-4-6-12-5-2-3-7-13(12)14/h2-9,17H,22H2,1H3. The average molecular weight is 330 g/mol. The molecule has 25 heavy (non-hydrogen) atoms. The number of fused-ring (bicyclic) bond motifs is 2. The number of hydrogen-bond donors (Lipinski definition) is 1. The zero-order chi connectivity index (χ0) is 17.6. The number of allylic oxidation sites excluding steroid dienone is 1. The highest BCUT2D eigenvalue weighted by atomic mass is 16.5. The molecule has 122 valence electrons. The normalized spacial score (nSPS) is 16.2. The highest BCUT2D eigenvalue weighted by Gasteiger charge is 2.35. The second-order valence-corrected chi connectivity index (χ2v) is 5.92. The van der Waals surface area contributed by atoms with Crippen molar-refractivity contribution in [2.45, 2.75) is 12.8 Å². The third kappa shape index (κ3) is 2.27. The maximum atomic E-state index is 12.6. The lowest BCUT2D eigenvalue weighted by Crippen LogP contribution is -2.26. The van der Waals surface area contributed by atoms with Gasteiger partial charge >= 0.3 is 5.63 Å². The van der Waals surface area contributed by atoms with E-state index in [1.54, 1.807) is 13.0 Å². The van der Waals surface area contributed by atoms with Crippen molar-refractivity contribution < 1.29 is 9.15 Å². The van der Waals surface area contributed by atoms with Crippen molar-refractivity contribution in [3.05, 3.63) is 87.3 Å². The molecule has 0 saturated heterocycles. The van der Waals surface area contributed by atoms with Crippen molar-refractivity contribution in [3.63, 3.8) is 0 Å². The predicted molar refractivity (Wildman–Crippen MR) is 93.0 cm³/mol. The third-order valence-electron chi connectivity index (χ3n) is 4.39. The Bertz CT molecular complexity index is 1130. The molecule has 1 unspecified atom stereocenters. The molecule has 0 saturated carbocycles. The second kappa shape index (κ2) is 5.53. The zero-order valence-electron chi connectivity index (χ0n) is 13.4. The molecular weight excluding hydrogens is 316 g/mol. The Morgan fingerprint density at radius 1 is 1.16 bits per heavy atom. The van der Waals surface area contributed by atoms with Crippen LogP contribution in [0.25, 0.3) is 10.8 Å². The van der Waals surface area contributed by atoms with E-state index in [0.717, 1.165) is 16.3 Å². The summed E-state index contributed by atoms with van der Waals surface area (Å²) in [6.45, 7) is 1.66. The summed E-state index contributed by atoms with van der Waals surface area (Å²) in [6.07, 6.45) is 0. The molecule has 2 heterocycles. The third-order valence-corrected chi connectivity index (χ3v) is 4.39. The Balaban J connectivity index is 2.09. The van der Waals surface area contributed by atoms with Crippen LogP contribution in [-0.2, 0) is 0 Å². The molecule has 1 aromatic heterocycles. The highest BCUT2D eigenvalue weighted by molar-refractivity contribution is 5.87. The molecule has 3 aromatic rings. The quantitative estimate of drug-likeness (QED) is 0.739. The van der Waals surface area contributed by atoms with Gasteiger partial charge in [0.25, 0.3) is 0 Å². The van der Waals surface area contributed by atoms with Crippen LogP contribution in [0.1, 0.15) is 22.8 Å². The minimum Gasteiger partial charge on any atom is -0.440 e. The van der Waals surface area contributed by atoms with Gasteiger partial charge in [0, 0.05) is 6.07 Å². The van der Waals surface area contributed by atoms with Crippen molar-refractivity contribution in [1.82, 2.24) is 0 Å². The molecular formula is C20H14N2O3. The summed E-state index contributed by atoms with van der Waals surface area (Å²) < 4.78 is 10.8. The van der Waals surface area contributed by atoms with Crippen LogP contribution in [-0.4, -0.2) is 0 Å². The summed E-state index contributed by atoms with van der Waals surface area (Å²) in [6, 6.07) is 17.3. The van der Waals surface area contributed by atoms with Crippen LogP contribution in [0.3, 0.4) is 0 Å². The Labute approximate surface area is 143 Å². The van der Waals surface area contributed by atoms with E-state index in [2.05, 4.69) is 6.07 Å². The number of hydrogen-bond acceptors (Lipinski definition) is 5. The van der Waals surface area contributed by atoms with Crippen molar-refractivity contribution in [3.8, 4) is 11.8 Å². The zero-order valence-corrected chi connectivity index (χ0v) is 13.4. The molecule has 2 N–H and O–H groups in total. The first-order valence-corrected chi connectivity index (χ1v) is 7.80. The van der Waals surface area contributed by atoms with E-state index in [1.165, 1.54) is 0 Å². The van der Waals surface area contributed by atoms with Crippen molar-refractivity contribution in [2.24, 2.45) is 5.73 Å². The molecule has 0 bridgehead atoms. The minimum atomic E-state index is -0.628. The van der Waals surface area contributed by atoms with E-state index in [9.17, 15) is 10.1 Å². The molecule has 0 amide bonds. The van der Waals surface area contributed by atoms with Gasteiger partial charge in [0.2, 0.25) is 5.88 Å². The maximum Gasteiger partial charge on any atom is 0.343 e. The lowest BCUT2D eigenvalue weighted by atomic mass is 9.82. The van der Waals surface area contributed by atoms with E-state index in [1.807, 2.05) is 42.5 Å². The molecule has 1 aliphatic heterocycles. The van der Waals surface area contributed by atoms with Crippen LogP contribution in [0.4, 0.5) is 0 Å². The van der Waals surface area contributed by atoms with Crippen LogP contribution in [0.5, 0.6) is 5.75 Å². The molecule has 0 spiro atoms. The topological polar surface area (TPSA) is 89.2 Å². The van der Waals surface area contributed by atoms with Gasteiger partial charge in [0.05, 0.1) is 11.5 Å². The molecule has 0 radical (unpaired) electrons. The average Bonchev–Trinajstić information content (AvgIpc) is 2.60. The minimum absolute atomic E-state index is 0.0120. The Morgan fingerprint density at radius 3 is 2.72 bits per heavy atom. The van der Waals surface area contributed by atoms with Crippen LogP contribution in [0.2, 0.25) is 0 Å². The largest absolute Gasteiger partial charge is 0.440 e. The van der Waals surface area contributed by atoms with E-state index in [0.29, 0.717) is 17.1 Å². The summed E-state index contributed by atoms with van der Waals surface area (Å²) in [4.78, 5) is 12.6. The number of rotatable bonds is 1. The van der Waals surface area contributed by atoms with Gasteiger partial charge < -0.3 is 14.9 Å². The Morgan fingerprint density at radius 2 is 1.92 bits per heavy atom. The van der Waals surface area contributed by atoms with Crippen LogP contribution in [0.15, 0.2) is 69.2 Å². The maximum absolute atomic E-state index is 12.6. The lowest BCUT2D eigenvalue weighted by molar-refractivity contribution is 0.372. The fraction of sp³-hybridized carbons (Fsp3) is 0.100. The summed E-state index contributed by atoms with van der Waals surface area (Å²) in [5.74, 6) is 0.145. The van der Waals surface area contributed by atoms with Gasteiger partial charge in [-0.3, -0.25) is 0 Å². The van der Waals surface area contributed by atoms with E-state index in [-0.39, 0.29) is 11.5 Å². The van der Waals surface area contributed by atoms with Crippen LogP contribution in [0, 0.1) is 18.3 Å². The number of aryl methyl sites for hydroxylation is 1. The number of ether oxygens (including phenoxy) is 1. The van der Waals surface area contributed by atoms with Gasteiger partial charge in [-0.2, -0.15) is 5.26 Å². The molecule has 0 fully saturated rings. The van der Waals surface area contributed by atoms with Crippen molar-refractivity contribution >= 4 is 10.8 Å². The number of benzene rings is 2. The van der Waals surface area contributed by atoms with Crippen LogP contribution >= 0.6 is 0 Å². The number of nitriles is 1. The van der Waals surface area contributed by atoms with Crippen LogP contribution < -0.4 is 16.1 Å². The van der Waals surface area contributed by atoms with Gasteiger partial charge in [0.15, 0.2) is 0 Å². The predicted octanol–water partition coefficient (Wildman–Crippen LogP) is 3.32. The van der Waals surface area contributed by atoms with Gasteiger partial charge in [-0.15, -0.1) is 0 Å².